The van der Waals surface area contributed by atoms with E-state index in [1.165, 1.54) is 4.90 Å². The van der Waals surface area contributed by atoms with Gasteiger partial charge < -0.3 is 9.73 Å². The summed E-state index contributed by atoms with van der Waals surface area (Å²) < 4.78 is 5.19. The summed E-state index contributed by atoms with van der Waals surface area (Å²) in [6.07, 6.45) is 2.94. The number of furan rings is 1. The molecular weight excluding hydrogens is 308 g/mol. The highest BCUT2D eigenvalue weighted by molar-refractivity contribution is 6.21. The Morgan fingerprint density at radius 2 is 1.75 bits per heavy atom. The van der Waals surface area contributed by atoms with Crippen molar-refractivity contribution in [3.05, 3.63) is 59.5 Å². The fourth-order valence-electron chi connectivity index (χ4n) is 2.71. The Labute approximate surface area is 139 Å². The number of carbonyl (C=O) groups excluding carboxylic acids is 3. The van der Waals surface area contributed by atoms with E-state index in [4.69, 9.17) is 4.42 Å². The second-order valence-electron chi connectivity index (χ2n) is 5.59. The molecule has 2 aromatic rings. The van der Waals surface area contributed by atoms with Gasteiger partial charge in [0.1, 0.15) is 5.76 Å². The fraction of sp³-hybridized carbons (Fsp3) is 0.278. The zero-order valence-electron chi connectivity index (χ0n) is 13.2. The molecule has 1 aromatic carbocycles. The van der Waals surface area contributed by atoms with Gasteiger partial charge in [0.2, 0.25) is 5.91 Å². The molecule has 0 unspecified atom stereocenters. The van der Waals surface area contributed by atoms with Gasteiger partial charge >= 0.3 is 0 Å². The zero-order chi connectivity index (χ0) is 16.9. The predicted octanol–water partition coefficient (Wildman–Crippen LogP) is 2.01. The minimum absolute atomic E-state index is 0.0989. The Kier molecular flexibility index (Phi) is 4.74. The molecule has 0 saturated carbocycles. The molecule has 3 rings (SSSR count). The van der Waals surface area contributed by atoms with Crippen LogP contribution in [0.5, 0.6) is 0 Å². The van der Waals surface area contributed by atoms with Gasteiger partial charge in [0.15, 0.2) is 0 Å². The minimum atomic E-state index is -0.283. The first kappa shape index (κ1) is 16.0. The van der Waals surface area contributed by atoms with E-state index in [0.717, 1.165) is 5.76 Å². The summed E-state index contributed by atoms with van der Waals surface area (Å²) in [6.45, 7) is 0.747. The Bertz CT molecular complexity index is 717. The Morgan fingerprint density at radius 3 is 2.38 bits per heavy atom. The molecule has 0 fully saturated rings. The van der Waals surface area contributed by atoms with Crippen LogP contribution in [0.25, 0.3) is 0 Å². The summed E-state index contributed by atoms with van der Waals surface area (Å²) in [4.78, 5) is 37.4. The maximum absolute atomic E-state index is 12.2. The number of nitrogens with one attached hydrogen (secondary N) is 1. The third kappa shape index (κ3) is 3.37. The van der Waals surface area contributed by atoms with Crippen LogP contribution in [-0.2, 0) is 11.2 Å². The van der Waals surface area contributed by atoms with Crippen LogP contribution in [0.4, 0.5) is 0 Å². The zero-order valence-corrected chi connectivity index (χ0v) is 13.2. The number of benzene rings is 1. The number of imide groups is 1. The van der Waals surface area contributed by atoms with E-state index in [1.807, 2.05) is 6.07 Å². The molecule has 0 radical (unpaired) electrons. The molecule has 1 aromatic heterocycles. The van der Waals surface area contributed by atoms with Crippen molar-refractivity contribution in [3.63, 3.8) is 0 Å². The summed E-state index contributed by atoms with van der Waals surface area (Å²) in [5.74, 6) is 0.155. The van der Waals surface area contributed by atoms with Crippen molar-refractivity contribution in [2.75, 3.05) is 13.1 Å². The lowest BCUT2D eigenvalue weighted by Crippen LogP contribution is -2.32. The van der Waals surface area contributed by atoms with Crippen LogP contribution < -0.4 is 5.32 Å². The van der Waals surface area contributed by atoms with Gasteiger partial charge in [0.05, 0.1) is 17.4 Å². The van der Waals surface area contributed by atoms with E-state index in [1.54, 1.807) is 36.6 Å². The average Bonchev–Trinajstić information content (AvgIpc) is 3.18. The van der Waals surface area contributed by atoms with Gasteiger partial charge in [0, 0.05) is 25.9 Å². The van der Waals surface area contributed by atoms with Crippen LogP contribution in [0.1, 0.15) is 39.3 Å². The monoisotopic (exact) mass is 326 g/mol. The smallest absolute Gasteiger partial charge is 0.261 e. The largest absolute Gasteiger partial charge is 0.469 e. The summed E-state index contributed by atoms with van der Waals surface area (Å²) in [5, 5.41) is 2.80. The third-order valence-electron chi connectivity index (χ3n) is 3.94. The van der Waals surface area contributed by atoms with Gasteiger partial charge in [0.25, 0.3) is 11.8 Å². The molecule has 6 heteroatoms. The van der Waals surface area contributed by atoms with Crippen LogP contribution in [0.15, 0.2) is 47.1 Å². The number of hydrogen-bond acceptors (Lipinski definition) is 4. The topological polar surface area (TPSA) is 79.6 Å². The lowest BCUT2D eigenvalue weighted by molar-refractivity contribution is -0.121. The van der Waals surface area contributed by atoms with E-state index in [0.29, 0.717) is 30.5 Å². The average molecular weight is 326 g/mol. The Balaban J connectivity index is 1.41. The second kappa shape index (κ2) is 7.12. The predicted molar refractivity (Wildman–Crippen MR) is 86.5 cm³/mol. The molecule has 1 N–H and O–H groups in total. The first-order valence-electron chi connectivity index (χ1n) is 7.91. The molecule has 1 aliphatic heterocycles. The Hall–Kier alpha value is -2.89. The molecule has 0 atom stereocenters. The Morgan fingerprint density at radius 1 is 1.04 bits per heavy atom. The molecule has 0 spiro atoms. The lowest BCUT2D eigenvalue weighted by Gasteiger charge is -2.13. The van der Waals surface area contributed by atoms with Gasteiger partial charge in [-0.1, -0.05) is 12.1 Å². The van der Waals surface area contributed by atoms with Gasteiger partial charge in [-0.2, -0.15) is 0 Å². The maximum atomic E-state index is 12.2. The SMILES string of the molecule is O=C(CCCN1C(=O)c2ccccc2C1=O)NCCc1ccco1. The second-order valence-corrected chi connectivity index (χ2v) is 5.59. The molecule has 3 amide bonds. The molecule has 124 valence electrons. The van der Waals surface area contributed by atoms with E-state index >= 15 is 0 Å². The van der Waals surface area contributed by atoms with Crippen LogP contribution in [0.2, 0.25) is 0 Å². The van der Waals surface area contributed by atoms with Crippen LogP contribution in [0, 0.1) is 0 Å². The lowest BCUT2D eigenvalue weighted by atomic mass is 10.1. The normalized spacial score (nSPS) is 13.2. The highest BCUT2D eigenvalue weighted by Crippen LogP contribution is 2.22. The standard InChI is InChI=1S/C18H18N2O4/c21-16(19-10-9-13-5-4-12-24-13)8-3-11-20-17(22)14-6-1-2-7-15(14)18(20)23/h1-2,4-7,12H,3,8-11H2,(H,19,21). The molecule has 0 aliphatic carbocycles. The molecule has 0 saturated heterocycles. The number of rotatable bonds is 7. The summed E-state index contributed by atoms with van der Waals surface area (Å²) in [7, 11) is 0. The van der Waals surface area contributed by atoms with Crippen molar-refractivity contribution in [3.8, 4) is 0 Å². The number of amides is 3. The van der Waals surface area contributed by atoms with Crippen molar-refractivity contribution >= 4 is 17.7 Å². The van der Waals surface area contributed by atoms with Crippen LogP contribution in [-0.4, -0.2) is 35.7 Å². The van der Waals surface area contributed by atoms with E-state index in [2.05, 4.69) is 5.32 Å². The highest BCUT2D eigenvalue weighted by atomic mass is 16.3. The van der Waals surface area contributed by atoms with Crippen molar-refractivity contribution in [1.82, 2.24) is 10.2 Å². The molecule has 6 nitrogen and oxygen atoms in total. The van der Waals surface area contributed by atoms with Crippen molar-refractivity contribution in [2.24, 2.45) is 0 Å². The van der Waals surface area contributed by atoms with E-state index in [9.17, 15) is 14.4 Å². The van der Waals surface area contributed by atoms with Crippen molar-refractivity contribution < 1.29 is 18.8 Å². The molecule has 1 aliphatic rings. The van der Waals surface area contributed by atoms with Crippen molar-refractivity contribution in [2.45, 2.75) is 19.3 Å². The number of carbonyl (C=O) groups is 3. The summed E-state index contributed by atoms with van der Waals surface area (Å²) in [6, 6.07) is 10.4. The first-order valence-corrected chi connectivity index (χ1v) is 7.91. The highest BCUT2D eigenvalue weighted by Gasteiger charge is 2.34. The van der Waals surface area contributed by atoms with E-state index in [-0.39, 0.29) is 30.7 Å². The van der Waals surface area contributed by atoms with Crippen molar-refractivity contribution in [1.29, 1.82) is 0 Å². The number of hydrogen-bond donors (Lipinski definition) is 1. The van der Waals surface area contributed by atoms with Gasteiger partial charge in [-0.15, -0.1) is 0 Å². The van der Waals surface area contributed by atoms with Gasteiger partial charge in [-0.05, 0) is 30.7 Å². The quantitative estimate of drug-likeness (QED) is 0.789. The number of nitrogens with zero attached hydrogens (tertiary/aromatic N) is 1. The van der Waals surface area contributed by atoms with E-state index < -0.39 is 0 Å². The van der Waals surface area contributed by atoms with Gasteiger partial charge in [-0.25, -0.2) is 0 Å². The third-order valence-corrected chi connectivity index (χ3v) is 3.94. The maximum Gasteiger partial charge on any atom is 0.261 e. The van der Waals surface area contributed by atoms with Crippen LogP contribution in [0.3, 0.4) is 0 Å². The van der Waals surface area contributed by atoms with Gasteiger partial charge in [-0.3, -0.25) is 19.3 Å². The number of fused-ring (bicyclic) bond motifs is 1. The fourth-order valence-corrected chi connectivity index (χ4v) is 2.71. The molecule has 24 heavy (non-hydrogen) atoms. The minimum Gasteiger partial charge on any atom is -0.469 e. The summed E-state index contributed by atoms with van der Waals surface area (Å²) >= 11 is 0. The molecule has 2 heterocycles. The molecular formula is C18H18N2O4. The molecule has 0 bridgehead atoms. The summed E-state index contributed by atoms with van der Waals surface area (Å²) in [5.41, 5.74) is 0.871. The first-order chi connectivity index (χ1) is 11.7. The van der Waals surface area contributed by atoms with Crippen LogP contribution >= 0.6 is 0 Å².